The van der Waals surface area contributed by atoms with Crippen molar-refractivity contribution in [2.24, 2.45) is 5.73 Å². The summed E-state index contributed by atoms with van der Waals surface area (Å²) in [7, 11) is 0. The Labute approximate surface area is 116 Å². The Morgan fingerprint density at radius 3 is 2.58 bits per heavy atom. The third kappa shape index (κ3) is 2.82. The van der Waals surface area contributed by atoms with Crippen molar-refractivity contribution < 1.29 is 4.79 Å². The van der Waals surface area contributed by atoms with Gasteiger partial charge in [0.25, 0.3) is 5.91 Å². The second-order valence-electron chi connectivity index (χ2n) is 3.96. The molecular weight excluding hydrogens is 258 g/mol. The van der Waals surface area contributed by atoms with Crippen LogP contribution in [0, 0.1) is 0 Å². The van der Waals surface area contributed by atoms with E-state index in [9.17, 15) is 4.79 Å². The summed E-state index contributed by atoms with van der Waals surface area (Å²) in [5.41, 5.74) is 13.6. The maximum atomic E-state index is 11.4. The van der Waals surface area contributed by atoms with E-state index in [1.54, 1.807) is 30.0 Å². The molecule has 5 heteroatoms. The molecule has 0 heterocycles. The van der Waals surface area contributed by atoms with Gasteiger partial charge < -0.3 is 16.8 Å². The molecule has 0 aromatic heterocycles. The highest BCUT2D eigenvalue weighted by Gasteiger charge is 2.12. The zero-order chi connectivity index (χ0) is 13.8. The second-order valence-corrected chi connectivity index (χ2v) is 4.81. The Kier molecular flexibility index (Phi) is 3.97. The molecule has 0 spiro atoms. The van der Waals surface area contributed by atoms with E-state index in [1.165, 1.54) is 0 Å². The zero-order valence-electron chi connectivity index (χ0n) is 10.5. The first kappa shape index (κ1) is 13.3. The van der Waals surface area contributed by atoms with Gasteiger partial charge in [-0.25, -0.2) is 0 Å². The number of para-hydroxylation sites is 2. The summed E-state index contributed by atoms with van der Waals surface area (Å²) >= 11 is 1.62. The molecule has 4 nitrogen and oxygen atoms in total. The number of anilines is 3. The predicted molar refractivity (Wildman–Crippen MR) is 80.9 cm³/mol. The highest BCUT2D eigenvalue weighted by atomic mass is 32.2. The number of nitrogens with two attached hydrogens (primary N) is 2. The lowest BCUT2D eigenvalue weighted by Gasteiger charge is -2.14. The van der Waals surface area contributed by atoms with Crippen LogP contribution in [0.5, 0.6) is 0 Å². The van der Waals surface area contributed by atoms with Crippen molar-refractivity contribution in [3.05, 3.63) is 48.0 Å². The van der Waals surface area contributed by atoms with Crippen LogP contribution < -0.4 is 16.8 Å². The minimum Gasteiger partial charge on any atom is -0.397 e. The number of hydrogen-bond acceptors (Lipinski definition) is 4. The number of benzene rings is 2. The Hall–Kier alpha value is -2.14. The van der Waals surface area contributed by atoms with E-state index in [0.717, 1.165) is 10.6 Å². The molecular formula is C14H15N3OS. The molecule has 0 aliphatic carbocycles. The molecule has 19 heavy (non-hydrogen) atoms. The molecule has 2 rings (SSSR count). The number of amides is 1. The Balaban J connectivity index is 2.46. The van der Waals surface area contributed by atoms with Crippen molar-refractivity contribution in [2.75, 3.05) is 17.3 Å². The van der Waals surface area contributed by atoms with E-state index in [-0.39, 0.29) is 0 Å². The summed E-state index contributed by atoms with van der Waals surface area (Å²) in [5.74, 6) is -0.503. The van der Waals surface area contributed by atoms with Crippen molar-refractivity contribution in [1.29, 1.82) is 0 Å². The first-order chi connectivity index (χ1) is 9.13. The first-order valence-corrected chi connectivity index (χ1v) is 6.94. The number of hydrogen-bond donors (Lipinski definition) is 3. The third-order valence-corrected chi connectivity index (χ3v) is 3.52. The van der Waals surface area contributed by atoms with Gasteiger partial charge in [0.2, 0.25) is 0 Å². The molecule has 0 aliphatic heterocycles. The Morgan fingerprint density at radius 2 is 1.89 bits per heavy atom. The number of nitrogens with one attached hydrogen (secondary N) is 1. The molecule has 98 valence electrons. The SMILES string of the molecule is CSc1ccccc1Nc1c(N)cccc1C(N)=O. The van der Waals surface area contributed by atoms with E-state index in [0.29, 0.717) is 16.9 Å². The number of thioether (sulfide) groups is 1. The monoisotopic (exact) mass is 273 g/mol. The summed E-state index contributed by atoms with van der Waals surface area (Å²) in [6, 6.07) is 12.9. The molecule has 0 atom stereocenters. The van der Waals surface area contributed by atoms with Crippen molar-refractivity contribution in [3.63, 3.8) is 0 Å². The lowest BCUT2D eigenvalue weighted by Crippen LogP contribution is -2.14. The lowest BCUT2D eigenvalue weighted by molar-refractivity contribution is 0.100. The van der Waals surface area contributed by atoms with Crippen molar-refractivity contribution in [2.45, 2.75) is 4.90 Å². The van der Waals surface area contributed by atoms with Gasteiger partial charge in [0.1, 0.15) is 0 Å². The van der Waals surface area contributed by atoms with Gasteiger partial charge in [0, 0.05) is 4.90 Å². The number of rotatable bonds is 4. The minimum absolute atomic E-state index is 0.385. The topological polar surface area (TPSA) is 81.1 Å². The maximum absolute atomic E-state index is 11.4. The second kappa shape index (κ2) is 5.67. The smallest absolute Gasteiger partial charge is 0.250 e. The fourth-order valence-electron chi connectivity index (χ4n) is 1.80. The first-order valence-electron chi connectivity index (χ1n) is 5.72. The quantitative estimate of drug-likeness (QED) is 0.591. The van der Waals surface area contributed by atoms with Crippen molar-refractivity contribution in [1.82, 2.24) is 0 Å². The van der Waals surface area contributed by atoms with E-state index < -0.39 is 5.91 Å². The highest BCUT2D eigenvalue weighted by Crippen LogP contribution is 2.32. The molecule has 5 N–H and O–H groups in total. The van der Waals surface area contributed by atoms with Crippen LogP contribution in [0.3, 0.4) is 0 Å². The summed E-state index contributed by atoms with van der Waals surface area (Å²) in [6.45, 7) is 0. The molecule has 0 radical (unpaired) electrons. The molecule has 0 aliphatic rings. The van der Waals surface area contributed by atoms with Crippen LogP contribution in [-0.2, 0) is 0 Å². The largest absolute Gasteiger partial charge is 0.397 e. The summed E-state index contributed by atoms with van der Waals surface area (Å²) in [5, 5.41) is 3.20. The number of carbonyl (C=O) groups excluding carboxylic acids is 1. The number of primary amides is 1. The van der Waals surface area contributed by atoms with Crippen LogP contribution in [0.15, 0.2) is 47.4 Å². The lowest BCUT2D eigenvalue weighted by atomic mass is 10.1. The van der Waals surface area contributed by atoms with Gasteiger partial charge in [-0.15, -0.1) is 11.8 Å². The van der Waals surface area contributed by atoms with E-state index in [4.69, 9.17) is 11.5 Å². The van der Waals surface area contributed by atoms with Crippen LogP contribution in [0.2, 0.25) is 0 Å². The van der Waals surface area contributed by atoms with Crippen LogP contribution in [0.25, 0.3) is 0 Å². The van der Waals surface area contributed by atoms with Crippen molar-refractivity contribution in [3.8, 4) is 0 Å². The normalized spacial score (nSPS) is 10.2. The molecule has 2 aromatic carbocycles. The maximum Gasteiger partial charge on any atom is 0.250 e. The standard InChI is InChI=1S/C14H15N3OS/c1-19-12-8-3-2-7-11(12)17-13-9(14(16)18)5-4-6-10(13)15/h2-8,17H,15H2,1H3,(H2,16,18). The molecule has 2 aromatic rings. The van der Waals surface area contributed by atoms with Gasteiger partial charge in [-0.3, -0.25) is 4.79 Å². The van der Waals surface area contributed by atoms with Crippen LogP contribution in [0.1, 0.15) is 10.4 Å². The van der Waals surface area contributed by atoms with Gasteiger partial charge in [0.15, 0.2) is 0 Å². The van der Waals surface area contributed by atoms with E-state index >= 15 is 0 Å². The molecule has 0 saturated heterocycles. The van der Waals surface area contributed by atoms with Crippen LogP contribution in [-0.4, -0.2) is 12.2 Å². The van der Waals surface area contributed by atoms with Gasteiger partial charge in [-0.1, -0.05) is 18.2 Å². The zero-order valence-corrected chi connectivity index (χ0v) is 11.3. The van der Waals surface area contributed by atoms with Gasteiger partial charge >= 0.3 is 0 Å². The molecule has 1 amide bonds. The average Bonchev–Trinajstić information content (AvgIpc) is 2.41. The molecule has 0 unspecified atom stereocenters. The Bertz CT molecular complexity index is 613. The third-order valence-electron chi connectivity index (χ3n) is 2.73. The summed E-state index contributed by atoms with van der Waals surface area (Å²) in [4.78, 5) is 12.5. The van der Waals surface area contributed by atoms with Gasteiger partial charge in [0.05, 0.1) is 22.6 Å². The molecule has 0 bridgehead atoms. The van der Waals surface area contributed by atoms with E-state index in [2.05, 4.69) is 5.32 Å². The highest BCUT2D eigenvalue weighted by molar-refractivity contribution is 7.98. The summed E-state index contributed by atoms with van der Waals surface area (Å²) in [6.07, 6.45) is 1.99. The number of carbonyl (C=O) groups is 1. The predicted octanol–water partition coefficient (Wildman–Crippen LogP) is 2.83. The van der Waals surface area contributed by atoms with Crippen LogP contribution in [0.4, 0.5) is 17.1 Å². The summed E-state index contributed by atoms with van der Waals surface area (Å²) < 4.78 is 0. The fourth-order valence-corrected chi connectivity index (χ4v) is 2.35. The molecule has 0 saturated carbocycles. The van der Waals surface area contributed by atoms with Gasteiger partial charge in [-0.05, 0) is 30.5 Å². The molecule has 0 fully saturated rings. The van der Waals surface area contributed by atoms with Crippen molar-refractivity contribution >= 4 is 34.7 Å². The Morgan fingerprint density at radius 1 is 1.16 bits per heavy atom. The van der Waals surface area contributed by atoms with Crippen LogP contribution >= 0.6 is 11.8 Å². The van der Waals surface area contributed by atoms with E-state index in [1.807, 2.05) is 30.5 Å². The van der Waals surface area contributed by atoms with Gasteiger partial charge in [-0.2, -0.15) is 0 Å². The number of nitrogen functional groups attached to an aromatic ring is 1. The minimum atomic E-state index is -0.503. The average molecular weight is 273 g/mol. The fraction of sp³-hybridized carbons (Fsp3) is 0.0714.